The zero-order valence-electron chi connectivity index (χ0n) is 8.29. The molecule has 0 aliphatic carbocycles. The van der Waals surface area contributed by atoms with Gasteiger partial charge in [0.15, 0.2) is 0 Å². The molecule has 0 aromatic heterocycles. The normalized spacial score (nSPS) is 11.3. The van der Waals surface area contributed by atoms with Gasteiger partial charge >= 0.3 is 0 Å². The lowest BCUT2D eigenvalue weighted by Gasteiger charge is -2.06. The van der Waals surface area contributed by atoms with E-state index < -0.39 is 10.1 Å². The van der Waals surface area contributed by atoms with Crippen molar-refractivity contribution in [3.8, 4) is 11.1 Å². The lowest BCUT2D eigenvalue weighted by Crippen LogP contribution is -2.00. The standard InChI is InChI=1S/C12H9O3S/c13-16(14,15)12-9-5-4-8-11(12)10-6-2-1-3-7-10/h1-4,6-9H,(H,13,14,15). The molecule has 0 unspecified atom stereocenters. The first-order valence-electron chi connectivity index (χ1n) is 4.62. The van der Waals surface area contributed by atoms with E-state index in [1.807, 2.05) is 6.07 Å². The summed E-state index contributed by atoms with van der Waals surface area (Å²) in [6, 6.07) is 16.1. The summed E-state index contributed by atoms with van der Waals surface area (Å²) < 4.78 is 31.4. The second-order valence-corrected chi connectivity index (χ2v) is 4.65. The van der Waals surface area contributed by atoms with E-state index in [0.717, 1.165) is 5.56 Å². The average Bonchev–Trinajstić information content (AvgIpc) is 2.29. The van der Waals surface area contributed by atoms with E-state index in [0.29, 0.717) is 5.56 Å². The molecule has 0 spiro atoms. The Hall–Kier alpha value is -1.65. The Morgan fingerprint density at radius 1 is 1.06 bits per heavy atom. The second kappa shape index (κ2) is 4.08. The van der Waals surface area contributed by atoms with E-state index in [1.54, 1.807) is 36.4 Å². The molecule has 2 aromatic rings. The Labute approximate surface area is 94.1 Å². The van der Waals surface area contributed by atoms with Crippen molar-refractivity contribution in [3.63, 3.8) is 0 Å². The minimum absolute atomic E-state index is 0.124. The maximum atomic E-state index is 11.2. The van der Waals surface area contributed by atoms with E-state index in [-0.39, 0.29) is 4.90 Å². The Morgan fingerprint density at radius 2 is 1.75 bits per heavy atom. The lowest BCUT2D eigenvalue weighted by atomic mass is 10.1. The van der Waals surface area contributed by atoms with E-state index >= 15 is 0 Å². The van der Waals surface area contributed by atoms with Gasteiger partial charge in [-0.15, -0.1) is 0 Å². The summed E-state index contributed by atoms with van der Waals surface area (Å²) in [5, 5.41) is 0. The predicted octanol–water partition coefficient (Wildman–Crippen LogP) is 2.40. The second-order valence-electron chi connectivity index (χ2n) is 3.26. The minimum Gasteiger partial charge on any atom is -0.282 e. The van der Waals surface area contributed by atoms with Gasteiger partial charge in [0.25, 0.3) is 10.1 Å². The SMILES string of the molecule is O=S(=O)(O)c1c[c]ccc1-c1ccccc1. The fourth-order valence-corrected chi connectivity index (χ4v) is 2.17. The number of hydrogen-bond acceptors (Lipinski definition) is 2. The van der Waals surface area contributed by atoms with Crippen LogP contribution in [0.1, 0.15) is 0 Å². The van der Waals surface area contributed by atoms with Crippen LogP contribution in [0.25, 0.3) is 11.1 Å². The quantitative estimate of drug-likeness (QED) is 0.810. The van der Waals surface area contributed by atoms with E-state index in [2.05, 4.69) is 6.07 Å². The Kier molecular flexibility index (Phi) is 2.77. The third kappa shape index (κ3) is 2.13. The molecule has 0 saturated heterocycles. The largest absolute Gasteiger partial charge is 0.295 e. The van der Waals surface area contributed by atoms with Crippen molar-refractivity contribution in [1.29, 1.82) is 0 Å². The monoisotopic (exact) mass is 233 g/mol. The van der Waals surface area contributed by atoms with E-state index in [4.69, 9.17) is 4.55 Å². The van der Waals surface area contributed by atoms with Gasteiger partial charge in [0, 0.05) is 5.56 Å². The molecular weight excluding hydrogens is 224 g/mol. The van der Waals surface area contributed by atoms with Crippen molar-refractivity contribution in [2.45, 2.75) is 4.90 Å². The molecule has 0 bridgehead atoms. The maximum Gasteiger partial charge on any atom is 0.295 e. The zero-order chi connectivity index (χ0) is 11.6. The first kappa shape index (κ1) is 10.9. The maximum absolute atomic E-state index is 11.2. The zero-order valence-corrected chi connectivity index (χ0v) is 9.11. The summed E-state index contributed by atoms with van der Waals surface area (Å²) in [6.45, 7) is 0. The number of hydrogen-bond donors (Lipinski definition) is 1. The topological polar surface area (TPSA) is 54.4 Å². The van der Waals surface area contributed by atoms with Crippen LogP contribution in [0.4, 0.5) is 0 Å². The fourth-order valence-electron chi connectivity index (χ4n) is 1.48. The van der Waals surface area contributed by atoms with Crippen LogP contribution in [0.2, 0.25) is 0 Å². The van der Waals surface area contributed by atoms with Crippen molar-refractivity contribution < 1.29 is 13.0 Å². The third-order valence-corrected chi connectivity index (χ3v) is 3.08. The smallest absolute Gasteiger partial charge is 0.282 e. The highest BCUT2D eigenvalue weighted by molar-refractivity contribution is 7.86. The van der Waals surface area contributed by atoms with Crippen molar-refractivity contribution >= 4 is 10.1 Å². The van der Waals surface area contributed by atoms with Gasteiger partial charge in [0.2, 0.25) is 0 Å². The van der Waals surface area contributed by atoms with Crippen molar-refractivity contribution in [1.82, 2.24) is 0 Å². The van der Waals surface area contributed by atoms with Gasteiger partial charge in [-0.2, -0.15) is 8.42 Å². The molecule has 4 heteroatoms. The van der Waals surface area contributed by atoms with Crippen LogP contribution in [0.15, 0.2) is 53.4 Å². The molecular formula is C12H9O3S. The van der Waals surface area contributed by atoms with Crippen LogP contribution in [0, 0.1) is 6.07 Å². The average molecular weight is 233 g/mol. The van der Waals surface area contributed by atoms with Crippen molar-refractivity contribution in [2.24, 2.45) is 0 Å². The Morgan fingerprint density at radius 3 is 2.38 bits per heavy atom. The summed E-state index contributed by atoms with van der Waals surface area (Å²) in [5.41, 5.74) is 1.21. The molecule has 1 radical (unpaired) electrons. The van der Waals surface area contributed by atoms with Crippen molar-refractivity contribution in [2.75, 3.05) is 0 Å². The third-order valence-electron chi connectivity index (χ3n) is 2.19. The summed E-state index contributed by atoms with van der Waals surface area (Å²) in [6.07, 6.45) is 0. The minimum atomic E-state index is -4.21. The van der Waals surface area contributed by atoms with Gasteiger partial charge in [-0.05, 0) is 17.7 Å². The molecule has 0 amide bonds. The van der Waals surface area contributed by atoms with Gasteiger partial charge in [-0.25, -0.2) is 0 Å². The number of rotatable bonds is 2. The van der Waals surface area contributed by atoms with Gasteiger partial charge in [-0.3, -0.25) is 4.55 Å². The molecule has 0 fully saturated rings. The molecule has 2 rings (SSSR count). The molecule has 81 valence electrons. The molecule has 2 aromatic carbocycles. The van der Waals surface area contributed by atoms with E-state index in [1.165, 1.54) is 6.07 Å². The summed E-state index contributed by atoms with van der Waals surface area (Å²) in [7, 11) is -4.21. The van der Waals surface area contributed by atoms with Crippen LogP contribution >= 0.6 is 0 Å². The summed E-state index contributed by atoms with van der Waals surface area (Å²) >= 11 is 0. The first-order valence-corrected chi connectivity index (χ1v) is 6.06. The van der Waals surface area contributed by atoms with Crippen LogP contribution in [0.3, 0.4) is 0 Å². The van der Waals surface area contributed by atoms with Crippen LogP contribution in [-0.4, -0.2) is 13.0 Å². The van der Waals surface area contributed by atoms with Gasteiger partial charge in [0.1, 0.15) is 4.90 Å². The van der Waals surface area contributed by atoms with Crippen LogP contribution in [0.5, 0.6) is 0 Å². The highest BCUT2D eigenvalue weighted by Crippen LogP contribution is 2.26. The summed E-state index contributed by atoms with van der Waals surface area (Å²) in [5.74, 6) is 0. The van der Waals surface area contributed by atoms with Crippen LogP contribution in [-0.2, 0) is 10.1 Å². The van der Waals surface area contributed by atoms with Gasteiger partial charge in [-0.1, -0.05) is 42.5 Å². The highest BCUT2D eigenvalue weighted by atomic mass is 32.2. The lowest BCUT2D eigenvalue weighted by molar-refractivity contribution is 0.483. The molecule has 3 nitrogen and oxygen atoms in total. The summed E-state index contributed by atoms with van der Waals surface area (Å²) in [4.78, 5) is -0.124. The van der Waals surface area contributed by atoms with Gasteiger partial charge in [0.05, 0.1) is 0 Å². The molecule has 0 saturated carbocycles. The Bertz CT molecular complexity index is 589. The predicted molar refractivity (Wildman–Crippen MR) is 60.5 cm³/mol. The number of benzene rings is 2. The molecule has 1 N–H and O–H groups in total. The fraction of sp³-hybridized carbons (Fsp3) is 0. The van der Waals surface area contributed by atoms with E-state index in [9.17, 15) is 8.42 Å². The van der Waals surface area contributed by atoms with Gasteiger partial charge < -0.3 is 0 Å². The Balaban J connectivity index is 2.68. The molecule has 0 atom stereocenters. The van der Waals surface area contributed by atoms with Crippen molar-refractivity contribution in [3.05, 3.63) is 54.6 Å². The molecule has 16 heavy (non-hydrogen) atoms. The molecule has 0 heterocycles. The molecule has 0 aliphatic rings. The molecule has 0 aliphatic heterocycles. The first-order chi connectivity index (χ1) is 7.59. The van der Waals surface area contributed by atoms with Crippen LogP contribution < -0.4 is 0 Å². The highest BCUT2D eigenvalue weighted by Gasteiger charge is 2.15.